The third kappa shape index (κ3) is 2.76. The van der Waals surface area contributed by atoms with Crippen LogP contribution in [0.3, 0.4) is 0 Å². The number of fused-ring (bicyclic) bond motifs is 1. The van der Waals surface area contributed by atoms with Crippen LogP contribution in [0.1, 0.15) is 21.3 Å². The van der Waals surface area contributed by atoms with Gasteiger partial charge in [0.05, 0.1) is 23.9 Å². The Bertz CT molecular complexity index is 1030. The number of nitrogens with one attached hydrogen (secondary N) is 1. The van der Waals surface area contributed by atoms with Gasteiger partial charge in [-0.2, -0.15) is 0 Å². The van der Waals surface area contributed by atoms with Gasteiger partial charge in [-0.3, -0.25) is 14.3 Å². The quantitative estimate of drug-likeness (QED) is 0.714. The van der Waals surface area contributed by atoms with Crippen molar-refractivity contribution in [1.82, 2.24) is 14.9 Å². The summed E-state index contributed by atoms with van der Waals surface area (Å²) in [5.74, 6) is -0.164. The van der Waals surface area contributed by atoms with Gasteiger partial charge in [0.15, 0.2) is 0 Å². The molecule has 0 bridgehead atoms. The molecule has 0 aliphatic carbocycles. The molecule has 1 aliphatic rings. The average Bonchev–Trinajstić information content (AvgIpc) is 3.33. The van der Waals surface area contributed by atoms with E-state index >= 15 is 0 Å². The van der Waals surface area contributed by atoms with E-state index in [9.17, 15) is 9.59 Å². The lowest BCUT2D eigenvalue weighted by Crippen LogP contribution is -2.19. The van der Waals surface area contributed by atoms with Crippen molar-refractivity contribution in [2.45, 2.75) is 5.37 Å². The fourth-order valence-corrected chi connectivity index (χ4v) is 3.85. The van der Waals surface area contributed by atoms with Crippen LogP contribution < -0.4 is 5.32 Å². The van der Waals surface area contributed by atoms with Crippen molar-refractivity contribution >= 4 is 34.5 Å². The number of allylic oxidation sites excluding steroid dienone is 1. The molecule has 0 saturated carbocycles. The van der Waals surface area contributed by atoms with E-state index in [0.717, 1.165) is 5.56 Å². The number of para-hydroxylation sites is 1. The Balaban J connectivity index is 1.66. The van der Waals surface area contributed by atoms with E-state index in [2.05, 4.69) is 10.3 Å². The molecule has 1 N–H and O–H groups in total. The van der Waals surface area contributed by atoms with Gasteiger partial charge >= 0.3 is 6.09 Å². The second-order valence-electron chi connectivity index (χ2n) is 5.71. The first kappa shape index (κ1) is 16.4. The first-order valence-corrected chi connectivity index (χ1v) is 8.88. The maximum atomic E-state index is 13.0. The molecule has 1 aromatic carbocycles. The third-order valence-electron chi connectivity index (χ3n) is 4.17. The summed E-state index contributed by atoms with van der Waals surface area (Å²) in [6.07, 6.45) is 4.49. The van der Waals surface area contributed by atoms with E-state index in [-0.39, 0.29) is 11.2 Å². The van der Waals surface area contributed by atoms with Gasteiger partial charge in [-0.05, 0) is 12.1 Å². The minimum atomic E-state index is -0.531. The number of ketones is 1. The Morgan fingerprint density at radius 2 is 2.08 bits per heavy atom. The van der Waals surface area contributed by atoms with E-state index < -0.39 is 6.09 Å². The zero-order chi connectivity index (χ0) is 18.1. The van der Waals surface area contributed by atoms with E-state index in [0.29, 0.717) is 22.2 Å². The number of methoxy groups -OCH3 is 1. The molecule has 1 atom stereocenters. The van der Waals surface area contributed by atoms with Crippen LogP contribution in [0.25, 0.3) is 10.9 Å². The number of carbonyl (C=O) groups is 2. The first-order valence-electron chi connectivity index (χ1n) is 7.94. The number of hydrogen-bond donors (Lipinski definition) is 1. The molecule has 0 amide bonds. The summed E-state index contributed by atoms with van der Waals surface area (Å²) in [7, 11) is 1.31. The Labute approximate surface area is 153 Å². The van der Waals surface area contributed by atoms with Crippen molar-refractivity contribution in [1.29, 1.82) is 0 Å². The van der Waals surface area contributed by atoms with Crippen LogP contribution >= 0.6 is 11.8 Å². The summed E-state index contributed by atoms with van der Waals surface area (Å²) in [5, 5.41) is 5.69. The predicted molar refractivity (Wildman–Crippen MR) is 99.9 cm³/mol. The second-order valence-corrected chi connectivity index (χ2v) is 6.69. The van der Waals surface area contributed by atoms with Gasteiger partial charge in [-0.25, -0.2) is 4.79 Å². The van der Waals surface area contributed by atoms with Crippen LogP contribution in [0.5, 0.6) is 0 Å². The maximum Gasteiger partial charge on any atom is 0.418 e. The van der Waals surface area contributed by atoms with Crippen LogP contribution in [0.2, 0.25) is 0 Å². The Morgan fingerprint density at radius 1 is 1.23 bits per heavy atom. The molecule has 0 spiro atoms. The lowest BCUT2D eigenvalue weighted by Gasteiger charge is -2.11. The first-order chi connectivity index (χ1) is 12.7. The molecule has 130 valence electrons. The Kier molecular flexibility index (Phi) is 4.22. The van der Waals surface area contributed by atoms with Gasteiger partial charge < -0.3 is 10.1 Å². The van der Waals surface area contributed by atoms with Gasteiger partial charge in [0.25, 0.3) is 0 Å². The highest BCUT2D eigenvalue weighted by atomic mass is 32.2. The van der Waals surface area contributed by atoms with Gasteiger partial charge in [0.2, 0.25) is 5.78 Å². The smallest absolute Gasteiger partial charge is 0.418 e. The van der Waals surface area contributed by atoms with Crippen molar-refractivity contribution in [3.8, 4) is 0 Å². The molecular weight excluding hydrogens is 350 g/mol. The molecule has 0 fully saturated rings. The average molecular weight is 365 g/mol. The SMILES string of the molecule is COC(=O)n1cc(C(=O)C2=CSC(c3cccnc3)N2)c2ccccc21. The van der Waals surface area contributed by atoms with E-state index in [1.165, 1.54) is 29.6 Å². The number of thioether (sulfide) groups is 1. The summed E-state index contributed by atoms with van der Waals surface area (Å²) in [5.41, 5.74) is 2.58. The van der Waals surface area contributed by atoms with E-state index in [1.807, 2.05) is 35.7 Å². The summed E-state index contributed by atoms with van der Waals surface area (Å²) in [6.45, 7) is 0. The number of aromatic nitrogens is 2. The number of carbonyl (C=O) groups excluding carboxylic acids is 2. The maximum absolute atomic E-state index is 13.0. The number of pyridine rings is 1. The number of benzene rings is 1. The van der Waals surface area contributed by atoms with Gasteiger partial charge in [-0.1, -0.05) is 24.3 Å². The standard InChI is InChI=1S/C19H15N3O3S/c1-25-19(24)22-10-14(13-6-2-3-7-16(13)22)17(23)15-11-26-18(21-15)12-5-4-8-20-9-12/h2-11,18,21H,1H3. The predicted octanol–water partition coefficient (Wildman–Crippen LogP) is 3.71. The number of Topliss-reactive ketones (excluding diaryl/α,β-unsaturated/α-hetero) is 1. The summed E-state index contributed by atoms with van der Waals surface area (Å²) in [4.78, 5) is 29.2. The minimum absolute atomic E-state index is 0.0587. The van der Waals surface area contributed by atoms with E-state index in [1.54, 1.807) is 18.5 Å². The molecule has 2 aromatic heterocycles. The van der Waals surface area contributed by atoms with Gasteiger partial charge in [0.1, 0.15) is 5.37 Å². The van der Waals surface area contributed by atoms with Crippen molar-refractivity contribution in [3.63, 3.8) is 0 Å². The van der Waals surface area contributed by atoms with Crippen molar-refractivity contribution in [2.75, 3.05) is 7.11 Å². The molecular formula is C19H15N3O3S. The van der Waals surface area contributed by atoms with Gasteiger partial charge in [0, 0.05) is 34.9 Å². The summed E-state index contributed by atoms with van der Waals surface area (Å²) < 4.78 is 6.16. The molecule has 0 radical (unpaired) electrons. The fraction of sp³-hybridized carbons (Fsp3) is 0.105. The topological polar surface area (TPSA) is 73.2 Å². The van der Waals surface area contributed by atoms with Crippen molar-refractivity contribution in [3.05, 3.63) is 77.2 Å². The molecule has 1 unspecified atom stereocenters. The largest absolute Gasteiger partial charge is 0.452 e. The van der Waals surface area contributed by atoms with Crippen LogP contribution in [0.4, 0.5) is 4.79 Å². The highest BCUT2D eigenvalue weighted by molar-refractivity contribution is 8.02. The zero-order valence-corrected chi connectivity index (χ0v) is 14.7. The van der Waals surface area contributed by atoms with Gasteiger partial charge in [-0.15, -0.1) is 11.8 Å². The summed E-state index contributed by atoms with van der Waals surface area (Å²) >= 11 is 1.52. The second kappa shape index (κ2) is 6.68. The Hall–Kier alpha value is -3.06. The molecule has 0 saturated heterocycles. The minimum Gasteiger partial charge on any atom is -0.452 e. The number of nitrogens with zero attached hydrogens (tertiary/aromatic N) is 2. The van der Waals surface area contributed by atoms with Crippen LogP contribution in [-0.4, -0.2) is 28.5 Å². The molecule has 3 heterocycles. The number of hydrogen-bond acceptors (Lipinski definition) is 6. The molecule has 1 aliphatic heterocycles. The monoisotopic (exact) mass is 365 g/mol. The van der Waals surface area contributed by atoms with E-state index in [4.69, 9.17) is 4.74 Å². The fourth-order valence-electron chi connectivity index (χ4n) is 2.91. The number of rotatable bonds is 3. The van der Waals surface area contributed by atoms with Crippen LogP contribution in [0, 0.1) is 0 Å². The Morgan fingerprint density at radius 3 is 2.85 bits per heavy atom. The third-order valence-corrected chi connectivity index (χ3v) is 5.20. The normalized spacial score (nSPS) is 16.2. The molecule has 4 rings (SSSR count). The number of ether oxygens (including phenoxy) is 1. The highest BCUT2D eigenvalue weighted by Crippen LogP contribution is 2.35. The van der Waals surface area contributed by atoms with Crippen molar-refractivity contribution < 1.29 is 14.3 Å². The highest BCUT2D eigenvalue weighted by Gasteiger charge is 2.26. The molecule has 3 aromatic rings. The van der Waals surface area contributed by atoms with Crippen LogP contribution in [-0.2, 0) is 4.74 Å². The zero-order valence-electron chi connectivity index (χ0n) is 13.9. The lowest BCUT2D eigenvalue weighted by atomic mass is 10.1. The summed E-state index contributed by atoms with van der Waals surface area (Å²) in [6, 6.07) is 11.1. The van der Waals surface area contributed by atoms with Crippen LogP contribution in [0.15, 0.2) is 66.1 Å². The molecule has 7 heteroatoms. The van der Waals surface area contributed by atoms with Crippen molar-refractivity contribution in [2.24, 2.45) is 0 Å². The lowest BCUT2D eigenvalue weighted by molar-refractivity contribution is 0.102. The molecule has 26 heavy (non-hydrogen) atoms. The molecule has 6 nitrogen and oxygen atoms in total.